The lowest BCUT2D eigenvalue weighted by atomic mass is 10.1. The lowest BCUT2D eigenvalue weighted by Gasteiger charge is -2.09. The third-order valence-electron chi connectivity index (χ3n) is 3.48. The molecule has 0 radical (unpaired) electrons. The van der Waals surface area contributed by atoms with Crippen molar-refractivity contribution in [1.82, 2.24) is 0 Å². The number of aryl methyl sites for hydroxylation is 1. The maximum Gasteiger partial charge on any atom is 0.119 e. The molecule has 0 fully saturated rings. The standard InChI is InChI=1S/C16H22O2/c1-2-3-4-5-6-11-18-14-8-9-15-13(12-14)7-10-16(15)17/h2,8-9,12,16-17H,1,3-7,10-11H2/t16-/m0/s1. The lowest BCUT2D eigenvalue weighted by Crippen LogP contribution is -1.98. The maximum atomic E-state index is 9.72. The first kappa shape index (κ1) is 13.2. The van der Waals surface area contributed by atoms with Crippen molar-refractivity contribution in [2.75, 3.05) is 6.61 Å². The van der Waals surface area contributed by atoms with Crippen LogP contribution in [0.5, 0.6) is 5.75 Å². The number of rotatable bonds is 7. The summed E-state index contributed by atoms with van der Waals surface area (Å²) in [6.07, 6.45) is 8.08. The third-order valence-corrected chi connectivity index (χ3v) is 3.48. The minimum absolute atomic E-state index is 0.270. The Kier molecular flexibility index (Phi) is 4.82. The summed E-state index contributed by atoms with van der Waals surface area (Å²) in [5, 5.41) is 9.72. The molecular formula is C16H22O2. The van der Waals surface area contributed by atoms with Gasteiger partial charge >= 0.3 is 0 Å². The van der Waals surface area contributed by atoms with Gasteiger partial charge in [0, 0.05) is 0 Å². The number of hydrogen-bond acceptors (Lipinski definition) is 2. The number of hydrogen-bond donors (Lipinski definition) is 1. The highest BCUT2D eigenvalue weighted by Gasteiger charge is 2.20. The van der Waals surface area contributed by atoms with Crippen molar-refractivity contribution in [3.05, 3.63) is 42.0 Å². The molecule has 0 bridgehead atoms. The van der Waals surface area contributed by atoms with E-state index in [0.717, 1.165) is 43.6 Å². The van der Waals surface area contributed by atoms with Gasteiger partial charge < -0.3 is 9.84 Å². The van der Waals surface area contributed by atoms with Gasteiger partial charge in [0.2, 0.25) is 0 Å². The van der Waals surface area contributed by atoms with Crippen LogP contribution in [0, 0.1) is 0 Å². The topological polar surface area (TPSA) is 29.5 Å². The molecule has 1 aromatic carbocycles. The molecule has 0 aliphatic heterocycles. The summed E-state index contributed by atoms with van der Waals surface area (Å²) in [6.45, 7) is 4.49. The van der Waals surface area contributed by atoms with Gasteiger partial charge in [-0.15, -0.1) is 6.58 Å². The van der Waals surface area contributed by atoms with Crippen molar-refractivity contribution in [1.29, 1.82) is 0 Å². The predicted molar refractivity (Wildman–Crippen MR) is 73.9 cm³/mol. The van der Waals surface area contributed by atoms with Gasteiger partial charge in [-0.1, -0.05) is 12.1 Å². The van der Waals surface area contributed by atoms with Gasteiger partial charge in [-0.3, -0.25) is 0 Å². The fourth-order valence-electron chi connectivity index (χ4n) is 2.42. The monoisotopic (exact) mass is 246 g/mol. The van der Waals surface area contributed by atoms with E-state index in [1.165, 1.54) is 18.4 Å². The molecule has 1 N–H and O–H groups in total. The summed E-state index contributed by atoms with van der Waals surface area (Å²) in [6, 6.07) is 6.05. The van der Waals surface area contributed by atoms with Crippen LogP contribution in [-0.4, -0.2) is 11.7 Å². The Bertz CT molecular complexity index is 398. The van der Waals surface area contributed by atoms with Crippen molar-refractivity contribution < 1.29 is 9.84 Å². The third kappa shape index (κ3) is 3.36. The molecule has 0 unspecified atom stereocenters. The summed E-state index contributed by atoms with van der Waals surface area (Å²) >= 11 is 0. The maximum absolute atomic E-state index is 9.72. The van der Waals surface area contributed by atoms with Crippen LogP contribution in [0.1, 0.15) is 49.3 Å². The van der Waals surface area contributed by atoms with Crippen molar-refractivity contribution >= 4 is 0 Å². The smallest absolute Gasteiger partial charge is 0.119 e. The molecule has 2 heteroatoms. The van der Waals surface area contributed by atoms with Gasteiger partial charge in [-0.2, -0.15) is 0 Å². The first-order valence-corrected chi connectivity index (χ1v) is 6.86. The van der Waals surface area contributed by atoms with E-state index in [4.69, 9.17) is 4.74 Å². The van der Waals surface area contributed by atoms with Crippen molar-refractivity contribution in [2.24, 2.45) is 0 Å². The van der Waals surface area contributed by atoms with Crippen LogP contribution < -0.4 is 4.74 Å². The predicted octanol–water partition coefficient (Wildman–Crippen LogP) is 3.79. The number of ether oxygens (including phenoxy) is 1. The van der Waals surface area contributed by atoms with Crippen LogP contribution in [0.2, 0.25) is 0 Å². The second kappa shape index (κ2) is 6.60. The van der Waals surface area contributed by atoms with Crippen molar-refractivity contribution in [2.45, 2.75) is 44.6 Å². The van der Waals surface area contributed by atoms with E-state index in [0.29, 0.717) is 0 Å². The van der Waals surface area contributed by atoms with Crippen LogP contribution in [0.4, 0.5) is 0 Å². The Balaban J connectivity index is 1.75. The van der Waals surface area contributed by atoms with Crippen LogP contribution in [0.25, 0.3) is 0 Å². The largest absolute Gasteiger partial charge is 0.494 e. The van der Waals surface area contributed by atoms with Gasteiger partial charge in [0.05, 0.1) is 12.7 Å². The van der Waals surface area contributed by atoms with Gasteiger partial charge in [0.25, 0.3) is 0 Å². The molecular weight excluding hydrogens is 224 g/mol. The lowest BCUT2D eigenvalue weighted by molar-refractivity contribution is 0.180. The van der Waals surface area contributed by atoms with Gasteiger partial charge in [0.1, 0.15) is 5.75 Å². The Morgan fingerprint density at radius 2 is 2.22 bits per heavy atom. The molecule has 0 heterocycles. The number of allylic oxidation sites excluding steroid dienone is 1. The highest BCUT2D eigenvalue weighted by molar-refractivity contribution is 5.39. The fourth-order valence-corrected chi connectivity index (χ4v) is 2.42. The van der Waals surface area contributed by atoms with Gasteiger partial charge in [0.15, 0.2) is 0 Å². The SMILES string of the molecule is C=CCCCCCOc1ccc2c(c1)CC[C@@H]2O. The van der Waals surface area contributed by atoms with Crippen LogP contribution in [-0.2, 0) is 6.42 Å². The molecule has 18 heavy (non-hydrogen) atoms. The highest BCUT2D eigenvalue weighted by Crippen LogP contribution is 2.33. The second-order valence-electron chi connectivity index (χ2n) is 4.90. The van der Waals surface area contributed by atoms with E-state index < -0.39 is 0 Å². The Morgan fingerprint density at radius 1 is 1.33 bits per heavy atom. The summed E-state index contributed by atoms with van der Waals surface area (Å²) in [4.78, 5) is 0. The molecule has 0 amide bonds. The molecule has 98 valence electrons. The molecule has 0 aromatic heterocycles. The van der Waals surface area contributed by atoms with Crippen molar-refractivity contribution in [3.63, 3.8) is 0 Å². The Morgan fingerprint density at radius 3 is 3.06 bits per heavy atom. The molecule has 2 nitrogen and oxygen atoms in total. The Labute approximate surface area is 109 Å². The van der Waals surface area contributed by atoms with E-state index in [9.17, 15) is 5.11 Å². The number of fused-ring (bicyclic) bond motifs is 1. The van der Waals surface area contributed by atoms with Crippen LogP contribution in [0.15, 0.2) is 30.9 Å². The van der Waals surface area contributed by atoms with Crippen LogP contribution >= 0.6 is 0 Å². The summed E-state index contributed by atoms with van der Waals surface area (Å²) < 4.78 is 5.74. The Hall–Kier alpha value is -1.28. The number of aliphatic hydroxyl groups excluding tert-OH is 1. The van der Waals surface area contributed by atoms with Crippen LogP contribution in [0.3, 0.4) is 0 Å². The molecule has 1 aliphatic rings. The fraction of sp³-hybridized carbons (Fsp3) is 0.500. The quantitative estimate of drug-likeness (QED) is 0.586. The normalized spacial score (nSPS) is 17.5. The first-order chi connectivity index (χ1) is 8.81. The van der Waals surface area contributed by atoms with Crippen molar-refractivity contribution in [3.8, 4) is 5.75 Å². The molecule has 1 aromatic rings. The van der Waals surface area contributed by atoms with E-state index in [-0.39, 0.29) is 6.10 Å². The minimum atomic E-state index is -0.270. The zero-order valence-corrected chi connectivity index (χ0v) is 10.9. The molecule has 0 saturated carbocycles. The molecule has 1 aliphatic carbocycles. The highest BCUT2D eigenvalue weighted by atomic mass is 16.5. The molecule has 1 atom stereocenters. The summed E-state index contributed by atoms with van der Waals surface area (Å²) in [5.41, 5.74) is 2.32. The average Bonchev–Trinajstić information content (AvgIpc) is 2.75. The van der Waals surface area contributed by atoms with Gasteiger partial charge in [-0.25, -0.2) is 0 Å². The summed E-state index contributed by atoms with van der Waals surface area (Å²) in [5.74, 6) is 0.937. The van der Waals surface area contributed by atoms with E-state index in [2.05, 4.69) is 12.6 Å². The average molecular weight is 246 g/mol. The van der Waals surface area contributed by atoms with E-state index in [1.54, 1.807) is 0 Å². The molecule has 2 rings (SSSR count). The minimum Gasteiger partial charge on any atom is -0.494 e. The zero-order valence-electron chi connectivity index (χ0n) is 10.9. The summed E-state index contributed by atoms with van der Waals surface area (Å²) in [7, 11) is 0. The molecule has 0 spiro atoms. The molecule has 0 saturated heterocycles. The first-order valence-electron chi connectivity index (χ1n) is 6.86. The number of unbranched alkanes of at least 4 members (excludes halogenated alkanes) is 3. The number of aliphatic hydroxyl groups is 1. The van der Waals surface area contributed by atoms with Gasteiger partial charge in [-0.05, 0) is 61.8 Å². The van der Waals surface area contributed by atoms with E-state index in [1.807, 2.05) is 18.2 Å². The zero-order chi connectivity index (χ0) is 12.8. The second-order valence-corrected chi connectivity index (χ2v) is 4.90. The number of benzene rings is 1. The van der Waals surface area contributed by atoms with E-state index >= 15 is 0 Å².